The Morgan fingerprint density at radius 2 is 1.85 bits per heavy atom. The van der Waals surface area contributed by atoms with Gasteiger partial charge in [0, 0.05) is 38.6 Å². The SMILES string of the molecule is CCc1nc(CN2C(=O)COc3ccc(S(=O)(=O)N4CCN(C5CCCCC5)CC4)cc32)no1. The lowest BCUT2D eigenvalue weighted by Crippen LogP contribution is -2.52. The topological polar surface area (TPSA) is 109 Å². The number of piperazine rings is 1. The standard InChI is InChI=1S/C23H31N5O5S/c1-2-22-24-21(25-33-22)15-28-19-14-18(8-9-20(19)32-16-23(28)29)34(30,31)27-12-10-26(11-13-27)17-6-4-3-5-7-17/h8-9,14,17H,2-7,10-13,15-16H2,1H3. The maximum Gasteiger partial charge on any atom is 0.265 e. The second kappa shape index (κ2) is 9.63. The summed E-state index contributed by atoms with van der Waals surface area (Å²) in [5, 5.41) is 3.93. The number of benzene rings is 1. The van der Waals surface area contributed by atoms with E-state index in [0.717, 1.165) is 13.1 Å². The van der Waals surface area contributed by atoms with E-state index in [9.17, 15) is 13.2 Å². The molecule has 2 fully saturated rings. The van der Waals surface area contributed by atoms with Crippen LogP contribution in [0.4, 0.5) is 5.69 Å². The number of carbonyl (C=O) groups is 1. The first-order valence-electron chi connectivity index (χ1n) is 12.1. The van der Waals surface area contributed by atoms with E-state index in [2.05, 4.69) is 15.0 Å². The first kappa shape index (κ1) is 23.3. The fourth-order valence-electron chi connectivity index (χ4n) is 5.06. The molecular weight excluding hydrogens is 458 g/mol. The fourth-order valence-corrected chi connectivity index (χ4v) is 6.50. The van der Waals surface area contributed by atoms with Crippen molar-refractivity contribution in [3.05, 3.63) is 29.9 Å². The molecule has 2 aliphatic heterocycles. The number of aromatic nitrogens is 2. The molecule has 11 heteroatoms. The third-order valence-corrected chi connectivity index (χ3v) is 8.88. The third-order valence-electron chi connectivity index (χ3n) is 6.99. The van der Waals surface area contributed by atoms with E-state index in [1.165, 1.54) is 43.1 Å². The van der Waals surface area contributed by atoms with Crippen molar-refractivity contribution in [1.82, 2.24) is 19.3 Å². The summed E-state index contributed by atoms with van der Waals surface area (Å²) in [5.41, 5.74) is 0.404. The van der Waals surface area contributed by atoms with E-state index in [0.29, 0.717) is 48.7 Å². The van der Waals surface area contributed by atoms with Crippen LogP contribution < -0.4 is 9.64 Å². The summed E-state index contributed by atoms with van der Waals surface area (Å²) in [4.78, 5) is 21.0. The molecule has 184 valence electrons. The van der Waals surface area contributed by atoms with Crippen LogP contribution in [-0.2, 0) is 27.8 Å². The van der Waals surface area contributed by atoms with Crippen LogP contribution in [0.15, 0.2) is 27.6 Å². The van der Waals surface area contributed by atoms with Crippen molar-refractivity contribution in [2.24, 2.45) is 0 Å². The van der Waals surface area contributed by atoms with Crippen LogP contribution in [-0.4, -0.2) is 72.5 Å². The Morgan fingerprint density at radius 3 is 2.56 bits per heavy atom. The Labute approximate surface area is 199 Å². The Balaban J connectivity index is 1.34. The van der Waals surface area contributed by atoms with Gasteiger partial charge in [0.05, 0.1) is 17.1 Å². The molecule has 1 saturated carbocycles. The van der Waals surface area contributed by atoms with Gasteiger partial charge in [-0.3, -0.25) is 14.6 Å². The van der Waals surface area contributed by atoms with Gasteiger partial charge < -0.3 is 9.26 Å². The molecule has 0 bridgehead atoms. The number of sulfonamides is 1. The van der Waals surface area contributed by atoms with Crippen molar-refractivity contribution in [2.45, 2.75) is 62.9 Å². The van der Waals surface area contributed by atoms with Gasteiger partial charge in [-0.25, -0.2) is 8.42 Å². The molecule has 2 aromatic rings. The molecule has 0 unspecified atom stereocenters. The number of hydrogen-bond donors (Lipinski definition) is 0. The highest BCUT2D eigenvalue weighted by molar-refractivity contribution is 7.89. The number of rotatable bonds is 6. The lowest BCUT2D eigenvalue weighted by Gasteiger charge is -2.40. The summed E-state index contributed by atoms with van der Waals surface area (Å²) in [7, 11) is -3.70. The summed E-state index contributed by atoms with van der Waals surface area (Å²) < 4.78 is 39.2. The van der Waals surface area contributed by atoms with Gasteiger partial charge in [-0.2, -0.15) is 9.29 Å². The lowest BCUT2D eigenvalue weighted by atomic mass is 9.94. The summed E-state index contributed by atoms with van der Waals surface area (Å²) in [6, 6.07) is 5.28. The predicted octanol–water partition coefficient (Wildman–Crippen LogP) is 2.20. The number of aryl methyl sites for hydroxylation is 1. The molecule has 10 nitrogen and oxygen atoms in total. The second-order valence-corrected chi connectivity index (χ2v) is 11.0. The van der Waals surface area contributed by atoms with E-state index in [-0.39, 0.29) is 24.0 Å². The number of fused-ring (bicyclic) bond motifs is 1. The molecule has 1 aromatic carbocycles. The van der Waals surface area contributed by atoms with Crippen molar-refractivity contribution in [3.63, 3.8) is 0 Å². The van der Waals surface area contributed by atoms with Crippen LogP contribution >= 0.6 is 0 Å². The van der Waals surface area contributed by atoms with Crippen LogP contribution in [0.5, 0.6) is 5.75 Å². The molecule has 34 heavy (non-hydrogen) atoms. The van der Waals surface area contributed by atoms with Gasteiger partial charge in [0.25, 0.3) is 5.91 Å². The van der Waals surface area contributed by atoms with E-state index >= 15 is 0 Å². The first-order valence-corrected chi connectivity index (χ1v) is 13.5. The maximum atomic E-state index is 13.5. The van der Waals surface area contributed by atoms with Crippen molar-refractivity contribution in [3.8, 4) is 5.75 Å². The zero-order valence-electron chi connectivity index (χ0n) is 19.5. The Hall–Kier alpha value is -2.50. The van der Waals surface area contributed by atoms with Gasteiger partial charge in [-0.05, 0) is 31.0 Å². The fraction of sp³-hybridized carbons (Fsp3) is 0.609. The minimum Gasteiger partial charge on any atom is -0.482 e. The molecule has 5 rings (SSSR count). The lowest BCUT2D eigenvalue weighted by molar-refractivity contribution is -0.121. The Bertz CT molecular complexity index is 1140. The summed E-state index contributed by atoms with van der Waals surface area (Å²) in [6.45, 7) is 4.30. The second-order valence-electron chi connectivity index (χ2n) is 9.09. The summed E-state index contributed by atoms with van der Waals surface area (Å²) >= 11 is 0. The molecule has 0 spiro atoms. The van der Waals surface area contributed by atoms with Gasteiger partial charge in [-0.15, -0.1) is 0 Å². The van der Waals surface area contributed by atoms with Crippen LogP contribution in [0, 0.1) is 0 Å². The number of ether oxygens (including phenoxy) is 1. The maximum absolute atomic E-state index is 13.5. The monoisotopic (exact) mass is 489 g/mol. The van der Waals surface area contributed by atoms with Crippen LogP contribution in [0.1, 0.15) is 50.7 Å². The van der Waals surface area contributed by atoms with Gasteiger partial charge in [0.1, 0.15) is 5.75 Å². The first-order chi connectivity index (χ1) is 16.5. The number of carbonyl (C=O) groups excluding carboxylic acids is 1. The van der Waals surface area contributed by atoms with E-state index in [4.69, 9.17) is 9.26 Å². The van der Waals surface area contributed by atoms with Crippen molar-refractivity contribution < 1.29 is 22.5 Å². The quantitative estimate of drug-likeness (QED) is 0.608. The van der Waals surface area contributed by atoms with Gasteiger partial charge >= 0.3 is 0 Å². The Kier molecular flexibility index (Phi) is 6.59. The molecule has 0 N–H and O–H groups in total. The molecule has 1 saturated heterocycles. The largest absolute Gasteiger partial charge is 0.482 e. The summed E-state index contributed by atoms with van der Waals surface area (Å²) in [6.07, 6.45) is 6.84. The zero-order valence-corrected chi connectivity index (χ0v) is 20.3. The van der Waals surface area contributed by atoms with E-state index in [1.54, 1.807) is 16.4 Å². The number of nitrogens with zero attached hydrogens (tertiary/aromatic N) is 5. The minimum absolute atomic E-state index is 0.0856. The molecular formula is C23H31N5O5S. The van der Waals surface area contributed by atoms with Crippen LogP contribution in [0.2, 0.25) is 0 Å². The highest BCUT2D eigenvalue weighted by Gasteiger charge is 2.34. The van der Waals surface area contributed by atoms with Gasteiger partial charge in [0.15, 0.2) is 12.4 Å². The van der Waals surface area contributed by atoms with Crippen LogP contribution in [0.25, 0.3) is 0 Å². The predicted molar refractivity (Wildman–Crippen MR) is 124 cm³/mol. The van der Waals surface area contributed by atoms with Crippen LogP contribution in [0.3, 0.4) is 0 Å². The van der Waals surface area contributed by atoms with E-state index < -0.39 is 10.0 Å². The molecule has 0 atom stereocenters. The number of anilines is 1. The Morgan fingerprint density at radius 1 is 1.09 bits per heavy atom. The van der Waals surface area contributed by atoms with Gasteiger partial charge in [0.2, 0.25) is 15.9 Å². The normalized spacial score (nSPS) is 20.9. The molecule has 3 heterocycles. The van der Waals surface area contributed by atoms with Crippen molar-refractivity contribution in [2.75, 3.05) is 37.7 Å². The molecule has 1 amide bonds. The van der Waals surface area contributed by atoms with Gasteiger partial charge in [-0.1, -0.05) is 31.3 Å². The average Bonchev–Trinajstić information content (AvgIpc) is 3.34. The number of amides is 1. The molecule has 1 aromatic heterocycles. The molecule has 3 aliphatic rings. The molecule has 1 aliphatic carbocycles. The zero-order chi connectivity index (χ0) is 23.7. The third kappa shape index (κ3) is 4.56. The van der Waals surface area contributed by atoms with Crippen molar-refractivity contribution in [1.29, 1.82) is 0 Å². The highest BCUT2D eigenvalue weighted by atomic mass is 32.2. The average molecular weight is 490 g/mol. The summed E-state index contributed by atoms with van der Waals surface area (Å²) in [5.74, 6) is 1.02. The molecule has 0 radical (unpaired) electrons. The minimum atomic E-state index is -3.70. The van der Waals surface area contributed by atoms with E-state index in [1.807, 2.05) is 6.92 Å². The highest BCUT2D eigenvalue weighted by Crippen LogP contribution is 2.36. The smallest absolute Gasteiger partial charge is 0.265 e. The number of hydrogen-bond acceptors (Lipinski definition) is 8. The van der Waals surface area contributed by atoms with Crippen molar-refractivity contribution >= 4 is 21.6 Å².